The molecule has 0 amide bonds. The van der Waals surface area contributed by atoms with Gasteiger partial charge < -0.3 is 10.2 Å². The largest absolute Gasteiger partial charge is 0.313 e. The Bertz CT molecular complexity index is 323. The molecular weight excluding hydrogens is 240 g/mol. The molecule has 0 bridgehead atoms. The van der Waals surface area contributed by atoms with Crippen LogP contribution in [0.3, 0.4) is 0 Å². The molecule has 2 unspecified atom stereocenters. The molecule has 1 N–H and O–H groups in total. The van der Waals surface area contributed by atoms with Crippen LogP contribution < -0.4 is 5.32 Å². The summed E-state index contributed by atoms with van der Waals surface area (Å²) < 4.78 is 0. The second kappa shape index (κ2) is 7.27. The fourth-order valence-electron chi connectivity index (χ4n) is 2.83. The van der Waals surface area contributed by atoms with Gasteiger partial charge in [-0.25, -0.2) is 0 Å². The first kappa shape index (κ1) is 14.0. The molecule has 0 aromatic carbocycles. The molecule has 1 aromatic rings. The van der Waals surface area contributed by atoms with Gasteiger partial charge in [-0.15, -0.1) is 11.3 Å². The van der Waals surface area contributed by atoms with Gasteiger partial charge in [0, 0.05) is 24.0 Å². The van der Waals surface area contributed by atoms with Crippen LogP contribution in [-0.2, 0) is 6.42 Å². The van der Waals surface area contributed by atoms with E-state index in [1.54, 1.807) is 0 Å². The lowest BCUT2D eigenvalue weighted by Gasteiger charge is -2.32. The van der Waals surface area contributed by atoms with Crippen LogP contribution in [0.15, 0.2) is 17.5 Å². The lowest BCUT2D eigenvalue weighted by Crippen LogP contribution is -2.45. The van der Waals surface area contributed by atoms with Crippen LogP contribution in [0.25, 0.3) is 0 Å². The van der Waals surface area contributed by atoms with Crippen molar-refractivity contribution < 1.29 is 0 Å². The third-order valence-corrected chi connectivity index (χ3v) is 4.97. The molecule has 0 saturated carbocycles. The van der Waals surface area contributed by atoms with Crippen LogP contribution in [-0.4, -0.2) is 37.6 Å². The summed E-state index contributed by atoms with van der Waals surface area (Å²) in [6, 6.07) is 5.09. The summed E-state index contributed by atoms with van der Waals surface area (Å²) in [5.74, 6) is 0.946. The molecule has 0 spiro atoms. The number of rotatable bonds is 6. The fraction of sp³-hybridized carbons (Fsp3) is 0.733. The van der Waals surface area contributed by atoms with E-state index >= 15 is 0 Å². The Morgan fingerprint density at radius 3 is 3.11 bits per heavy atom. The molecule has 18 heavy (non-hydrogen) atoms. The SMILES string of the molecule is CCC1CCNC(CN(C)CCc2cccs2)C1. The number of likely N-dealkylation sites (N-methyl/N-ethyl adjacent to an activating group) is 1. The van der Waals surface area contributed by atoms with Crippen molar-refractivity contribution in [3.63, 3.8) is 0 Å². The molecule has 0 aliphatic carbocycles. The summed E-state index contributed by atoms with van der Waals surface area (Å²) >= 11 is 1.87. The standard InChI is InChI=1S/C15H26N2S/c1-3-13-6-8-16-14(11-13)12-17(2)9-7-15-5-4-10-18-15/h4-5,10,13-14,16H,3,6-9,11-12H2,1-2H3. The van der Waals surface area contributed by atoms with Gasteiger partial charge in [0.25, 0.3) is 0 Å². The highest BCUT2D eigenvalue weighted by Gasteiger charge is 2.20. The van der Waals surface area contributed by atoms with Crippen molar-refractivity contribution in [1.82, 2.24) is 10.2 Å². The molecule has 2 nitrogen and oxygen atoms in total. The maximum absolute atomic E-state index is 3.67. The van der Waals surface area contributed by atoms with Crippen LogP contribution in [0.4, 0.5) is 0 Å². The third-order valence-electron chi connectivity index (χ3n) is 4.03. The zero-order valence-electron chi connectivity index (χ0n) is 11.7. The zero-order chi connectivity index (χ0) is 12.8. The van der Waals surface area contributed by atoms with Crippen molar-refractivity contribution in [2.45, 2.75) is 38.6 Å². The first-order valence-corrected chi connectivity index (χ1v) is 8.10. The minimum absolute atomic E-state index is 0.706. The molecule has 3 heteroatoms. The molecule has 102 valence electrons. The molecule has 1 fully saturated rings. The molecule has 1 aliphatic rings. The van der Waals surface area contributed by atoms with Gasteiger partial charge in [-0.3, -0.25) is 0 Å². The molecule has 1 aromatic heterocycles. The van der Waals surface area contributed by atoms with E-state index in [2.05, 4.69) is 41.7 Å². The van der Waals surface area contributed by atoms with Gasteiger partial charge in [-0.1, -0.05) is 19.4 Å². The van der Waals surface area contributed by atoms with Gasteiger partial charge >= 0.3 is 0 Å². The first-order valence-electron chi connectivity index (χ1n) is 7.22. The fourth-order valence-corrected chi connectivity index (χ4v) is 3.53. The van der Waals surface area contributed by atoms with Gasteiger partial charge in [-0.05, 0) is 50.2 Å². The maximum atomic E-state index is 3.67. The second-order valence-electron chi connectivity index (χ2n) is 5.54. The highest BCUT2D eigenvalue weighted by atomic mass is 32.1. The Morgan fingerprint density at radius 2 is 2.39 bits per heavy atom. The number of thiophene rings is 1. The lowest BCUT2D eigenvalue weighted by atomic mass is 9.90. The third kappa shape index (κ3) is 4.38. The second-order valence-corrected chi connectivity index (χ2v) is 6.57. The van der Waals surface area contributed by atoms with Crippen molar-refractivity contribution in [3.05, 3.63) is 22.4 Å². The quantitative estimate of drug-likeness (QED) is 0.851. The highest BCUT2D eigenvalue weighted by Crippen LogP contribution is 2.19. The molecular formula is C15H26N2S. The minimum atomic E-state index is 0.706. The highest BCUT2D eigenvalue weighted by molar-refractivity contribution is 7.09. The smallest absolute Gasteiger partial charge is 0.0197 e. The molecule has 2 rings (SSSR count). The summed E-state index contributed by atoms with van der Waals surface area (Å²) in [4.78, 5) is 3.99. The predicted molar refractivity (Wildman–Crippen MR) is 80.3 cm³/mol. The van der Waals surface area contributed by atoms with Gasteiger partial charge in [0.1, 0.15) is 0 Å². The monoisotopic (exact) mass is 266 g/mol. The summed E-state index contributed by atoms with van der Waals surface area (Å²) in [5, 5.41) is 5.84. The Kier molecular flexibility index (Phi) is 5.67. The van der Waals surface area contributed by atoms with E-state index in [4.69, 9.17) is 0 Å². The van der Waals surface area contributed by atoms with E-state index in [9.17, 15) is 0 Å². The normalized spacial score (nSPS) is 24.6. The van der Waals surface area contributed by atoms with Gasteiger partial charge in [0.2, 0.25) is 0 Å². The number of piperidine rings is 1. The predicted octanol–water partition coefficient (Wildman–Crippen LogP) is 3.00. The summed E-state index contributed by atoms with van der Waals surface area (Å²) in [5.41, 5.74) is 0. The summed E-state index contributed by atoms with van der Waals surface area (Å²) in [6.45, 7) is 5.91. The zero-order valence-corrected chi connectivity index (χ0v) is 12.5. The minimum Gasteiger partial charge on any atom is -0.313 e. The van der Waals surface area contributed by atoms with E-state index in [0.717, 1.165) is 5.92 Å². The number of nitrogens with one attached hydrogen (secondary N) is 1. The average Bonchev–Trinajstić information content (AvgIpc) is 2.90. The molecule has 0 radical (unpaired) electrons. The summed E-state index contributed by atoms with van der Waals surface area (Å²) in [7, 11) is 2.25. The van der Waals surface area contributed by atoms with E-state index < -0.39 is 0 Å². The van der Waals surface area contributed by atoms with Crippen molar-refractivity contribution >= 4 is 11.3 Å². The van der Waals surface area contributed by atoms with Crippen molar-refractivity contribution in [3.8, 4) is 0 Å². The topological polar surface area (TPSA) is 15.3 Å². The van der Waals surface area contributed by atoms with Gasteiger partial charge in [0.15, 0.2) is 0 Å². The van der Waals surface area contributed by atoms with Crippen LogP contribution >= 0.6 is 11.3 Å². The van der Waals surface area contributed by atoms with Gasteiger partial charge in [0.05, 0.1) is 0 Å². The van der Waals surface area contributed by atoms with E-state index in [1.807, 2.05) is 11.3 Å². The van der Waals surface area contributed by atoms with Crippen LogP contribution in [0.5, 0.6) is 0 Å². The van der Waals surface area contributed by atoms with Crippen LogP contribution in [0.2, 0.25) is 0 Å². The van der Waals surface area contributed by atoms with E-state index in [0.29, 0.717) is 6.04 Å². The number of hydrogen-bond acceptors (Lipinski definition) is 3. The van der Waals surface area contributed by atoms with Gasteiger partial charge in [-0.2, -0.15) is 0 Å². The van der Waals surface area contributed by atoms with E-state index in [-0.39, 0.29) is 0 Å². The Hall–Kier alpha value is -0.380. The molecule has 2 atom stereocenters. The van der Waals surface area contributed by atoms with Crippen molar-refractivity contribution in [2.24, 2.45) is 5.92 Å². The Morgan fingerprint density at radius 1 is 1.50 bits per heavy atom. The number of hydrogen-bond donors (Lipinski definition) is 1. The lowest BCUT2D eigenvalue weighted by molar-refractivity contribution is 0.226. The molecule has 1 saturated heterocycles. The summed E-state index contributed by atoms with van der Waals surface area (Å²) in [6.07, 6.45) is 5.26. The maximum Gasteiger partial charge on any atom is 0.0197 e. The molecule has 2 heterocycles. The van der Waals surface area contributed by atoms with Crippen LogP contribution in [0, 0.1) is 5.92 Å². The average molecular weight is 266 g/mol. The van der Waals surface area contributed by atoms with Crippen LogP contribution in [0.1, 0.15) is 31.1 Å². The first-order chi connectivity index (χ1) is 8.78. The number of nitrogens with zero attached hydrogens (tertiary/aromatic N) is 1. The Labute approximate surface area is 115 Å². The van der Waals surface area contributed by atoms with E-state index in [1.165, 1.54) is 50.2 Å². The molecule has 1 aliphatic heterocycles. The Balaban J connectivity index is 1.68. The van der Waals surface area contributed by atoms with Crippen molar-refractivity contribution in [2.75, 3.05) is 26.7 Å². The van der Waals surface area contributed by atoms with Crippen molar-refractivity contribution in [1.29, 1.82) is 0 Å².